The van der Waals surface area contributed by atoms with E-state index in [2.05, 4.69) is 25.8 Å². The van der Waals surface area contributed by atoms with Crippen LogP contribution < -0.4 is 10.6 Å². The summed E-state index contributed by atoms with van der Waals surface area (Å²) >= 11 is 0. The van der Waals surface area contributed by atoms with Crippen molar-refractivity contribution in [3.05, 3.63) is 77.4 Å². The number of nitrogens with one attached hydrogen (secondary N) is 2. The first-order valence-electron chi connectivity index (χ1n) is 11.6. The lowest BCUT2D eigenvalue weighted by Crippen LogP contribution is -2.35. The van der Waals surface area contributed by atoms with Gasteiger partial charge < -0.3 is 25.1 Å². The van der Waals surface area contributed by atoms with Gasteiger partial charge in [-0.1, -0.05) is 30.3 Å². The molecule has 0 saturated carbocycles. The van der Waals surface area contributed by atoms with E-state index in [4.69, 9.17) is 9.40 Å². The second-order valence-corrected chi connectivity index (χ2v) is 9.17. The Bertz CT molecular complexity index is 1420. The van der Waals surface area contributed by atoms with Gasteiger partial charge in [0, 0.05) is 26.2 Å². The van der Waals surface area contributed by atoms with E-state index in [9.17, 15) is 9.90 Å². The molecule has 0 saturated heterocycles. The minimum absolute atomic E-state index is 0.0474. The van der Waals surface area contributed by atoms with Gasteiger partial charge in [0.15, 0.2) is 0 Å². The normalized spacial score (nSPS) is 15.0. The number of amides is 1. The van der Waals surface area contributed by atoms with Crippen molar-refractivity contribution in [2.75, 3.05) is 24.3 Å². The third-order valence-electron chi connectivity index (χ3n) is 6.48. The van der Waals surface area contributed by atoms with E-state index in [1.165, 1.54) is 0 Å². The molecule has 0 aliphatic carbocycles. The van der Waals surface area contributed by atoms with E-state index in [1.54, 1.807) is 43.3 Å². The topological polar surface area (TPSA) is 129 Å². The third kappa shape index (κ3) is 4.16. The molecule has 36 heavy (non-hydrogen) atoms. The first kappa shape index (κ1) is 23.4. The van der Waals surface area contributed by atoms with Crippen LogP contribution in [0.25, 0.3) is 11.5 Å². The van der Waals surface area contributed by atoms with E-state index in [1.807, 2.05) is 44.2 Å². The van der Waals surface area contributed by atoms with Gasteiger partial charge in [0.05, 0.1) is 40.7 Å². The standard InChI is InChI=1S/C26H27N7O3/c1-15-31-32-24(36-15)18-13-27-22(12-19(18)28-20(14-34)16-8-6-5-7-9-16)29-21-11-10-17-23(30-21)26(2,3)33(4)25(17)35/h5-13,20,34H,14H2,1-4H3,(H2,27,28,29,30)/t20-/m1/s1. The van der Waals surface area contributed by atoms with Crippen LogP contribution in [0.5, 0.6) is 0 Å². The molecule has 10 nitrogen and oxygen atoms in total. The number of carbonyl (C=O) groups is 1. The maximum Gasteiger partial charge on any atom is 0.256 e. The van der Waals surface area contributed by atoms with Crippen molar-refractivity contribution in [1.29, 1.82) is 0 Å². The SMILES string of the molecule is Cc1nnc(-c2cnc(Nc3ccc4c(n3)C(C)(C)N(C)C4=O)cc2N[C@H](CO)c2ccccc2)o1. The van der Waals surface area contributed by atoms with Gasteiger partial charge in [0.2, 0.25) is 5.89 Å². The Morgan fingerprint density at radius 1 is 1.08 bits per heavy atom. The third-order valence-corrected chi connectivity index (χ3v) is 6.48. The van der Waals surface area contributed by atoms with Gasteiger partial charge in [-0.15, -0.1) is 10.2 Å². The van der Waals surface area contributed by atoms with Crippen LogP contribution in [0, 0.1) is 6.92 Å². The zero-order valence-corrected chi connectivity index (χ0v) is 20.5. The van der Waals surface area contributed by atoms with E-state index in [0.29, 0.717) is 45.9 Å². The summed E-state index contributed by atoms with van der Waals surface area (Å²) in [5, 5.41) is 24.8. The van der Waals surface area contributed by atoms with Gasteiger partial charge in [0.1, 0.15) is 11.6 Å². The maximum atomic E-state index is 12.6. The largest absolute Gasteiger partial charge is 0.421 e. The minimum atomic E-state index is -0.520. The van der Waals surface area contributed by atoms with Crippen molar-refractivity contribution in [3.8, 4) is 11.5 Å². The number of pyridine rings is 2. The van der Waals surface area contributed by atoms with Gasteiger partial charge in [0.25, 0.3) is 11.8 Å². The summed E-state index contributed by atoms with van der Waals surface area (Å²) in [6.45, 7) is 5.53. The van der Waals surface area contributed by atoms with Crippen molar-refractivity contribution in [1.82, 2.24) is 25.1 Å². The maximum absolute atomic E-state index is 12.6. The number of anilines is 3. The van der Waals surface area contributed by atoms with Gasteiger partial charge in [-0.05, 0) is 31.5 Å². The van der Waals surface area contributed by atoms with Crippen molar-refractivity contribution in [2.45, 2.75) is 32.4 Å². The van der Waals surface area contributed by atoms with Crippen molar-refractivity contribution in [2.24, 2.45) is 0 Å². The average molecular weight is 486 g/mol. The summed E-state index contributed by atoms with van der Waals surface area (Å²) in [7, 11) is 1.78. The lowest BCUT2D eigenvalue weighted by atomic mass is 10.00. The molecule has 4 aromatic rings. The Balaban J connectivity index is 1.50. The minimum Gasteiger partial charge on any atom is -0.421 e. The predicted molar refractivity (Wildman–Crippen MR) is 135 cm³/mol. The molecule has 1 amide bonds. The second-order valence-electron chi connectivity index (χ2n) is 9.17. The summed E-state index contributed by atoms with van der Waals surface area (Å²) in [6, 6.07) is 14.6. The van der Waals surface area contributed by atoms with Crippen LogP contribution in [0.15, 0.2) is 59.1 Å². The number of hydrogen-bond acceptors (Lipinski definition) is 9. The highest BCUT2D eigenvalue weighted by atomic mass is 16.4. The van der Waals surface area contributed by atoms with Crippen LogP contribution >= 0.6 is 0 Å². The van der Waals surface area contributed by atoms with Crippen LogP contribution in [-0.2, 0) is 5.54 Å². The van der Waals surface area contributed by atoms with E-state index in [-0.39, 0.29) is 18.6 Å². The zero-order chi connectivity index (χ0) is 25.4. The van der Waals surface area contributed by atoms with Crippen molar-refractivity contribution < 1.29 is 14.3 Å². The smallest absolute Gasteiger partial charge is 0.256 e. The molecular formula is C26H27N7O3. The predicted octanol–water partition coefficient (Wildman–Crippen LogP) is 4.04. The summed E-state index contributed by atoms with van der Waals surface area (Å²) < 4.78 is 5.65. The van der Waals surface area contributed by atoms with Crippen LogP contribution in [-0.4, -0.2) is 49.7 Å². The molecule has 1 aromatic carbocycles. The molecule has 184 valence electrons. The molecule has 0 unspecified atom stereocenters. The van der Waals surface area contributed by atoms with Crippen LogP contribution in [0.2, 0.25) is 0 Å². The Morgan fingerprint density at radius 3 is 2.56 bits per heavy atom. The molecule has 0 bridgehead atoms. The number of nitrogens with zero attached hydrogens (tertiary/aromatic N) is 5. The number of rotatable bonds is 7. The first-order chi connectivity index (χ1) is 17.3. The Morgan fingerprint density at radius 2 is 1.86 bits per heavy atom. The average Bonchev–Trinajstić information content (AvgIpc) is 3.38. The monoisotopic (exact) mass is 485 g/mol. The molecule has 0 spiro atoms. The van der Waals surface area contributed by atoms with Crippen LogP contribution in [0.3, 0.4) is 0 Å². The van der Waals surface area contributed by atoms with Gasteiger partial charge >= 0.3 is 0 Å². The molecule has 0 fully saturated rings. The molecule has 1 aliphatic rings. The number of hydrogen-bond donors (Lipinski definition) is 3. The van der Waals surface area contributed by atoms with Gasteiger partial charge in [-0.2, -0.15) is 0 Å². The summed E-state index contributed by atoms with van der Waals surface area (Å²) in [5.41, 5.74) is 2.96. The fourth-order valence-corrected chi connectivity index (χ4v) is 4.22. The summed E-state index contributed by atoms with van der Waals surface area (Å²) in [4.78, 5) is 23.5. The highest BCUT2D eigenvalue weighted by Crippen LogP contribution is 2.37. The molecule has 5 rings (SSSR count). The zero-order valence-electron chi connectivity index (χ0n) is 20.5. The molecule has 10 heteroatoms. The second kappa shape index (κ2) is 9.04. The molecule has 1 atom stereocenters. The van der Waals surface area contributed by atoms with Crippen molar-refractivity contribution >= 4 is 23.2 Å². The number of aromatic nitrogens is 4. The summed E-state index contributed by atoms with van der Waals surface area (Å²) in [6.07, 6.45) is 1.63. The highest BCUT2D eigenvalue weighted by molar-refractivity contribution is 5.99. The molecule has 1 aliphatic heterocycles. The fourth-order valence-electron chi connectivity index (χ4n) is 4.22. The Kier molecular flexibility index (Phi) is 5.89. The lowest BCUT2D eigenvalue weighted by Gasteiger charge is -2.27. The number of aryl methyl sites for hydroxylation is 1. The number of fused-ring (bicyclic) bond motifs is 1. The molecular weight excluding hydrogens is 458 g/mol. The molecule has 3 N–H and O–H groups in total. The fraction of sp³-hybridized carbons (Fsp3) is 0.269. The van der Waals surface area contributed by atoms with Gasteiger partial charge in [-0.3, -0.25) is 4.79 Å². The number of carbonyl (C=O) groups excluding carboxylic acids is 1. The van der Waals surface area contributed by atoms with E-state index >= 15 is 0 Å². The molecule has 3 aromatic heterocycles. The first-order valence-corrected chi connectivity index (χ1v) is 11.6. The van der Waals surface area contributed by atoms with E-state index < -0.39 is 5.54 Å². The van der Waals surface area contributed by atoms with Crippen molar-refractivity contribution in [3.63, 3.8) is 0 Å². The lowest BCUT2D eigenvalue weighted by molar-refractivity contribution is 0.0688. The number of aliphatic hydroxyl groups is 1. The highest BCUT2D eigenvalue weighted by Gasteiger charge is 2.42. The Labute approximate surface area is 208 Å². The van der Waals surface area contributed by atoms with E-state index in [0.717, 1.165) is 5.56 Å². The number of benzene rings is 1. The van der Waals surface area contributed by atoms with Crippen LogP contribution in [0.1, 0.15) is 47.4 Å². The number of aliphatic hydroxyl groups excluding tert-OH is 1. The quantitative estimate of drug-likeness (QED) is 0.355. The van der Waals surface area contributed by atoms with Crippen LogP contribution in [0.4, 0.5) is 17.3 Å². The Hall–Kier alpha value is -4.31. The molecule has 0 radical (unpaired) electrons. The van der Waals surface area contributed by atoms with Gasteiger partial charge in [-0.25, -0.2) is 9.97 Å². The summed E-state index contributed by atoms with van der Waals surface area (Å²) in [5.74, 6) is 1.78. The molecule has 4 heterocycles.